The van der Waals surface area contributed by atoms with Crippen molar-refractivity contribution in [3.05, 3.63) is 33.8 Å². The molecule has 1 N–H and O–H groups in total. The molecule has 0 radical (unpaired) electrons. The molecular weight excluding hydrogens is 281 g/mol. The zero-order valence-electron chi connectivity index (χ0n) is 12.3. The number of rotatable bonds is 5. The lowest BCUT2D eigenvalue weighted by Crippen LogP contribution is -2.30. The Balaban J connectivity index is 0.00000154. The molecule has 0 fully saturated rings. The van der Waals surface area contributed by atoms with Gasteiger partial charge in [-0.3, -0.25) is 4.79 Å². The highest BCUT2D eigenvalue weighted by atomic mass is 35.5. The summed E-state index contributed by atoms with van der Waals surface area (Å²) in [4.78, 5) is 11.7. The van der Waals surface area contributed by atoms with Gasteiger partial charge in [0.1, 0.15) is 5.78 Å². The van der Waals surface area contributed by atoms with Gasteiger partial charge in [-0.05, 0) is 24.6 Å². The molecule has 4 heteroatoms. The number of benzene rings is 1. The van der Waals surface area contributed by atoms with Gasteiger partial charge in [-0.2, -0.15) is 0 Å². The lowest BCUT2D eigenvalue weighted by Gasteiger charge is -2.18. The van der Waals surface area contributed by atoms with Gasteiger partial charge in [0.05, 0.1) is 5.92 Å². The van der Waals surface area contributed by atoms with E-state index in [1.54, 1.807) is 19.1 Å². The number of ketones is 1. The Labute approximate surface area is 126 Å². The van der Waals surface area contributed by atoms with Crippen molar-refractivity contribution in [3.8, 4) is 0 Å². The molecule has 0 aromatic heterocycles. The molecule has 0 heterocycles. The quantitative estimate of drug-likeness (QED) is 0.855. The van der Waals surface area contributed by atoms with Crippen LogP contribution in [0.25, 0.3) is 0 Å². The van der Waals surface area contributed by atoms with Crippen molar-refractivity contribution in [2.45, 2.75) is 46.6 Å². The van der Waals surface area contributed by atoms with Crippen LogP contribution in [-0.4, -0.2) is 18.4 Å². The summed E-state index contributed by atoms with van der Waals surface area (Å²) in [5, 5.41) is 4.38. The van der Waals surface area contributed by atoms with Crippen molar-refractivity contribution < 1.29 is 4.79 Å². The summed E-state index contributed by atoms with van der Waals surface area (Å²) in [6, 6.07) is 5.58. The van der Waals surface area contributed by atoms with Crippen LogP contribution in [0.2, 0.25) is 10.0 Å². The van der Waals surface area contributed by atoms with E-state index in [4.69, 9.17) is 23.2 Å². The molecule has 0 saturated heterocycles. The Morgan fingerprint density at radius 3 is 2.26 bits per heavy atom. The lowest BCUT2D eigenvalue weighted by molar-refractivity contribution is -0.118. The van der Waals surface area contributed by atoms with Gasteiger partial charge in [0, 0.05) is 22.6 Å². The standard InChI is InChI=1S/C13H17Cl2NO.C2H6/c1-8(2)16-7-12(9(3)17)11-5-4-10(14)6-13(11)15;1-2/h4-6,8,12,16H,7H2,1-3H3;1-2H3. The molecule has 108 valence electrons. The molecular formula is C15H23Cl2NO. The van der Waals surface area contributed by atoms with Crippen molar-refractivity contribution in [1.29, 1.82) is 0 Å². The number of carbonyl (C=O) groups is 1. The van der Waals surface area contributed by atoms with Crippen molar-refractivity contribution in [2.24, 2.45) is 0 Å². The van der Waals surface area contributed by atoms with Gasteiger partial charge in [-0.15, -0.1) is 0 Å². The molecule has 1 unspecified atom stereocenters. The summed E-state index contributed by atoms with van der Waals surface area (Å²) in [7, 11) is 0. The summed E-state index contributed by atoms with van der Waals surface area (Å²) in [6.45, 7) is 10.3. The normalized spacial score (nSPS) is 11.8. The first-order valence-corrected chi connectivity index (χ1v) is 7.36. The third kappa shape index (κ3) is 6.42. The van der Waals surface area contributed by atoms with Crippen LogP contribution in [0.1, 0.15) is 46.1 Å². The summed E-state index contributed by atoms with van der Waals surface area (Å²) in [6.07, 6.45) is 0. The summed E-state index contributed by atoms with van der Waals surface area (Å²) >= 11 is 12.0. The second-order valence-electron chi connectivity index (χ2n) is 4.39. The fourth-order valence-corrected chi connectivity index (χ4v) is 2.15. The molecule has 1 aromatic carbocycles. The third-order valence-corrected chi connectivity index (χ3v) is 3.12. The average Bonchev–Trinajstić information content (AvgIpc) is 2.33. The van der Waals surface area contributed by atoms with Crippen molar-refractivity contribution in [1.82, 2.24) is 5.32 Å². The fraction of sp³-hybridized carbons (Fsp3) is 0.533. The van der Waals surface area contributed by atoms with E-state index in [0.717, 1.165) is 5.56 Å². The topological polar surface area (TPSA) is 29.1 Å². The summed E-state index contributed by atoms with van der Waals surface area (Å²) in [5.74, 6) is -0.121. The van der Waals surface area contributed by atoms with Gasteiger partial charge in [-0.25, -0.2) is 0 Å². The fourth-order valence-electron chi connectivity index (χ4n) is 1.61. The number of halogens is 2. The maximum atomic E-state index is 11.7. The number of carbonyl (C=O) groups excluding carboxylic acids is 1. The minimum Gasteiger partial charge on any atom is -0.313 e. The number of Topliss-reactive ketones (excluding diaryl/α,β-unsaturated/α-hetero) is 1. The zero-order valence-corrected chi connectivity index (χ0v) is 13.8. The molecule has 19 heavy (non-hydrogen) atoms. The lowest BCUT2D eigenvalue weighted by atomic mass is 9.95. The largest absolute Gasteiger partial charge is 0.313 e. The summed E-state index contributed by atoms with van der Waals surface area (Å²) < 4.78 is 0. The maximum Gasteiger partial charge on any atom is 0.138 e. The van der Waals surface area contributed by atoms with Crippen LogP contribution in [0.4, 0.5) is 0 Å². The molecule has 1 aromatic rings. The first-order valence-electron chi connectivity index (χ1n) is 6.60. The highest BCUT2D eigenvalue weighted by molar-refractivity contribution is 6.35. The second-order valence-corrected chi connectivity index (χ2v) is 5.24. The minimum atomic E-state index is -0.220. The minimum absolute atomic E-state index is 0.0994. The van der Waals surface area contributed by atoms with Gasteiger partial charge in [0.15, 0.2) is 0 Å². The SMILES string of the molecule is CC.CC(=O)C(CNC(C)C)c1ccc(Cl)cc1Cl. The Hall–Kier alpha value is -0.570. The molecule has 1 atom stereocenters. The van der Waals surface area contributed by atoms with Crippen molar-refractivity contribution in [3.63, 3.8) is 0 Å². The first kappa shape index (κ1) is 18.4. The van der Waals surface area contributed by atoms with Crippen LogP contribution in [0.15, 0.2) is 18.2 Å². The van der Waals surface area contributed by atoms with Gasteiger partial charge >= 0.3 is 0 Å². The Morgan fingerprint density at radius 1 is 1.26 bits per heavy atom. The van der Waals surface area contributed by atoms with E-state index in [9.17, 15) is 4.79 Å². The number of nitrogens with one attached hydrogen (secondary N) is 1. The van der Waals surface area contributed by atoms with E-state index < -0.39 is 0 Å². The van der Waals surface area contributed by atoms with Crippen LogP contribution < -0.4 is 5.32 Å². The highest BCUT2D eigenvalue weighted by Crippen LogP contribution is 2.28. The van der Waals surface area contributed by atoms with Crippen LogP contribution in [0.3, 0.4) is 0 Å². The van der Waals surface area contributed by atoms with Crippen LogP contribution in [0, 0.1) is 0 Å². The molecule has 1 rings (SSSR count). The highest BCUT2D eigenvalue weighted by Gasteiger charge is 2.19. The predicted octanol–water partition coefficient (Wildman–Crippen LogP) is 4.69. The molecule has 0 bridgehead atoms. The van der Waals surface area contributed by atoms with Crippen LogP contribution in [0.5, 0.6) is 0 Å². The third-order valence-electron chi connectivity index (χ3n) is 2.56. The van der Waals surface area contributed by atoms with E-state index in [0.29, 0.717) is 22.6 Å². The zero-order chi connectivity index (χ0) is 15.0. The molecule has 0 aliphatic heterocycles. The molecule has 0 aliphatic carbocycles. The maximum absolute atomic E-state index is 11.7. The van der Waals surface area contributed by atoms with Crippen LogP contribution in [-0.2, 0) is 4.79 Å². The van der Waals surface area contributed by atoms with E-state index in [1.165, 1.54) is 0 Å². The van der Waals surface area contributed by atoms with Gasteiger partial charge < -0.3 is 5.32 Å². The molecule has 0 amide bonds. The van der Waals surface area contributed by atoms with Crippen LogP contribution >= 0.6 is 23.2 Å². The average molecular weight is 304 g/mol. The van der Waals surface area contributed by atoms with E-state index >= 15 is 0 Å². The molecule has 0 spiro atoms. The number of hydrogen-bond acceptors (Lipinski definition) is 2. The van der Waals surface area contributed by atoms with Gasteiger partial charge in [-0.1, -0.05) is 57.0 Å². The van der Waals surface area contributed by atoms with E-state index in [1.807, 2.05) is 33.8 Å². The Kier molecular flexibility index (Phi) is 9.07. The molecule has 2 nitrogen and oxygen atoms in total. The number of hydrogen-bond donors (Lipinski definition) is 1. The molecule has 0 aliphatic rings. The Bertz CT molecular complexity index is 405. The summed E-state index contributed by atoms with van der Waals surface area (Å²) in [5.41, 5.74) is 0.830. The van der Waals surface area contributed by atoms with Crippen molar-refractivity contribution in [2.75, 3.05) is 6.54 Å². The van der Waals surface area contributed by atoms with E-state index in [-0.39, 0.29) is 11.7 Å². The molecule has 0 saturated carbocycles. The van der Waals surface area contributed by atoms with Gasteiger partial charge in [0.2, 0.25) is 0 Å². The predicted molar refractivity (Wildman–Crippen MR) is 84.4 cm³/mol. The van der Waals surface area contributed by atoms with E-state index in [2.05, 4.69) is 5.32 Å². The second kappa shape index (κ2) is 9.35. The Morgan fingerprint density at radius 2 is 1.84 bits per heavy atom. The smallest absolute Gasteiger partial charge is 0.138 e. The van der Waals surface area contributed by atoms with Crippen molar-refractivity contribution >= 4 is 29.0 Å². The van der Waals surface area contributed by atoms with Gasteiger partial charge in [0.25, 0.3) is 0 Å². The monoisotopic (exact) mass is 303 g/mol. The first-order chi connectivity index (χ1) is 8.91.